The van der Waals surface area contributed by atoms with E-state index in [9.17, 15) is 23.1 Å². The highest BCUT2D eigenvalue weighted by Crippen LogP contribution is 2.46. The molecule has 3 aromatic rings. The van der Waals surface area contributed by atoms with Crippen LogP contribution in [0.1, 0.15) is 66.3 Å². The van der Waals surface area contributed by atoms with Crippen LogP contribution in [0, 0.1) is 0 Å². The van der Waals surface area contributed by atoms with Crippen molar-refractivity contribution in [1.82, 2.24) is 10.1 Å². The number of nitrogens with zero attached hydrogens (tertiary/aromatic N) is 3. The smallest absolute Gasteiger partial charge is 0.477 e. The second-order valence-electron chi connectivity index (χ2n) is 10.1. The molecule has 1 aliphatic carbocycles. The molecule has 8 nitrogen and oxygen atoms in total. The monoisotopic (exact) mass is 529 g/mol. The van der Waals surface area contributed by atoms with E-state index in [1.807, 2.05) is 6.07 Å². The molecule has 4 heterocycles. The molecule has 6 rings (SSSR count). The summed E-state index contributed by atoms with van der Waals surface area (Å²) in [7, 11) is 0. The molecule has 1 saturated carbocycles. The van der Waals surface area contributed by atoms with Crippen molar-refractivity contribution in [2.45, 2.75) is 75.6 Å². The number of rotatable bonds is 8. The van der Waals surface area contributed by atoms with Crippen molar-refractivity contribution in [3.05, 3.63) is 59.5 Å². The highest BCUT2D eigenvalue weighted by atomic mass is 19.4. The Morgan fingerprint density at radius 3 is 2.47 bits per heavy atom. The van der Waals surface area contributed by atoms with Crippen LogP contribution in [-0.4, -0.2) is 45.8 Å². The fourth-order valence-electron chi connectivity index (χ4n) is 5.74. The summed E-state index contributed by atoms with van der Waals surface area (Å²) in [5, 5.41) is 13.5. The third-order valence-electron chi connectivity index (χ3n) is 7.51. The van der Waals surface area contributed by atoms with Crippen molar-refractivity contribution in [1.29, 1.82) is 0 Å². The maximum Gasteiger partial charge on any atom is 0.573 e. The van der Waals surface area contributed by atoms with E-state index in [2.05, 4.69) is 19.8 Å². The summed E-state index contributed by atoms with van der Waals surface area (Å²) in [4.78, 5) is 17.9. The number of carbonyl (C=O) groups is 1. The van der Waals surface area contributed by atoms with Gasteiger partial charge in [0.05, 0.1) is 12.7 Å². The molecule has 2 aliphatic heterocycles. The number of anilines is 1. The van der Waals surface area contributed by atoms with Gasteiger partial charge in [-0.25, -0.2) is 9.78 Å². The number of carboxylic acids is 1. The normalized spacial score (nSPS) is 23.0. The lowest BCUT2D eigenvalue weighted by Gasteiger charge is -2.39. The fourth-order valence-corrected chi connectivity index (χ4v) is 5.74. The van der Waals surface area contributed by atoms with E-state index in [0.29, 0.717) is 22.8 Å². The van der Waals surface area contributed by atoms with Gasteiger partial charge in [0, 0.05) is 29.1 Å². The number of carboxylic acid groups (broad SMARTS) is 1. The Hall–Kier alpha value is -3.60. The summed E-state index contributed by atoms with van der Waals surface area (Å²) in [6.07, 6.45) is 0.366. The minimum absolute atomic E-state index is 0.0163. The average molecular weight is 530 g/mol. The van der Waals surface area contributed by atoms with Crippen molar-refractivity contribution in [3.63, 3.8) is 0 Å². The molecule has 2 saturated heterocycles. The number of piperidine rings is 1. The lowest BCUT2D eigenvalue weighted by Crippen LogP contribution is -2.46. The number of hydrogen-bond acceptors (Lipinski definition) is 7. The van der Waals surface area contributed by atoms with Crippen molar-refractivity contribution in [3.8, 4) is 17.0 Å². The Kier molecular flexibility index (Phi) is 6.25. The van der Waals surface area contributed by atoms with Crippen LogP contribution >= 0.6 is 0 Å². The second kappa shape index (κ2) is 9.61. The van der Waals surface area contributed by atoms with Crippen LogP contribution in [0.15, 0.2) is 47.0 Å². The van der Waals surface area contributed by atoms with Gasteiger partial charge in [-0.3, -0.25) is 0 Å². The first-order chi connectivity index (χ1) is 18.3. The topological polar surface area (TPSA) is 97.9 Å². The molecule has 0 amide bonds. The molecule has 3 atom stereocenters. The van der Waals surface area contributed by atoms with Gasteiger partial charge < -0.3 is 24.0 Å². The number of pyridine rings is 1. The quantitative estimate of drug-likeness (QED) is 0.384. The van der Waals surface area contributed by atoms with E-state index in [1.54, 1.807) is 12.1 Å². The molecule has 2 aromatic heterocycles. The number of aromatic carboxylic acids is 1. The molecular formula is C27H26F3N3O5. The number of fused-ring (bicyclic) bond motifs is 2. The number of ether oxygens (including phenoxy) is 2. The Bertz CT molecular complexity index is 1330. The molecular weight excluding hydrogens is 503 g/mol. The predicted molar refractivity (Wildman–Crippen MR) is 129 cm³/mol. The number of halogens is 3. The van der Waals surface area contributed by atoms with Gasteiger partial charge in [-0.15, -0.1) is 13.2 Å². The van der Waals surface area contributed by atoms with Crippen molar-refractivity contribution in [2.75, 3.05) is 4.90 Å². The summed E-state index contributed by atoms with van der Waals surface area (Å²) in [6, 6.07) is 11.3. The highest BCUT2D eigenvalue weighted by molar-refractivity contribution is 5.85. The van der Waals surface area contributed by atoms with Gasteiger partial charge in [0.1, 0.15) is 23.0 Å². The highest BCUT2D eigenvalue weighted by Gasteiger charge is 2.42. The van der Waals surface area contributed by atoms with Crippen LogP contribution in [0.5, 0.6) is 5.75 Å². The lowest BCUT2D eigenvalue weighted by atomic mass is 9.99. The van der Waals surface area contributed by atoms with Gasteiger partial charge in [0.2, 0.25) is 0 Å². The summed E-state index contributed by atoms with van der Waals surface area (Å²) in [5.41, 5.74) is 1.19. The van der Waals surface area contributed by atoms with Crippen LogP contribution in [0.3, 0.4) is 0 Å². The van der Waals surface area contributed by atoms with Gasteiger partial charge in [-0.05, 0) is 62.8 Å². The van der Waals surface area contributed by atoms with Crippen LogP contribution in [0.2, 0.25) is 0 Å². The summed E-state index contributed by atoms with van der Waals surface area (Å²) < 4.78 is 55.4. The minimum Gasteiger partial charge on any atom is -0.477 e. The van der Waals surface area contributed by atoms with Crippen LogP contribution in [0.25, 0.3) is 11.3 Å². The van der Waals surface area contributed by atoms with Gasteiger partial charge in [0.15, 0.2) is 5.69 Å². The fraction of sp³-hybridized carbons (Fsp3) is 0.444. The van der Waals surface area contributed by atoms with Crippen LogP contribution in [0.4, 0.5) is 19.0 Å². The number of aromatic nitrogens is 2. The molecule has 0 spiro atoms. The zero-order valence-electron chi connectivity index (χ0n) is 20.4. The maximum absolute atomic E-state index is 13.0. The molecule has 11 heteroatoms. The molecule has 3 fully saturated rings. The van der Waals surface area contributed by atoms with Crippen LogP contribution < -0.4 is 9.64 Å². The molecule has 38 heavy (non-hydrogen) atoms. The molecule has 3 aliphatic rings. The molecule has 1 unspecified atom stereocenters. The van der Waals surface area contributed by atoms with E-state index in [-0.39, 0.29) is 47.7 Å². The van der Waals surface area contributed by atoms with Gasteiger partial charge in [0.25, 0.3) is 0 Å². The Morgan fingerprint density at radius 2 is 1.79 bits per heavy atom. The molecule has 1 N–H and O–H groups in total. The van der Waals surface area contributed by atoms with E-state index in [4.69, 9.17) is 9.26 Å². The number of hydrogen-bond donors (Lipinski definition) is 1. The van der Waals surface area contributed by atoms with E-state index in [1.165, 1.54) is 24.3 Å². The lowest BCUT2D eigenvalue weighted by molar-refractivity contribution is -0.274. The number of benzene rings is 1. The standard InChI is InChI=1S/C27H26F3N3O5/c28-27(29,30)37-22-6-2-1-4-19(22)24-20(25(38-32-24)15-8-9-15)14-36-18-12-16-10-11-17(13-18)33(16)23-7-3-5-21(31-23)26(34)35/h1-7,15-18H,8-14H2,(H,34,35)/t16-,17+,18?. The summed E-state index contributed by atoms with van der Waals surface area (Å²) >= 11 is 0. The van der Waals surface area contributed by atoms with E-state index in [0.717, 1.165) is 38.5 Å². The van der Waals surface area contributed by atoms with Crippen molar-refractivity contribution < 1.29 is 37.1 Å². The molecule has 0 radical (unpaired) electrons. The summed E-state index contributed by atoms with van der Waals surface area (Å²) in [6.45, 7) is 0.169. The van der Waals surface area contributed by atoms with Crippen molar-refractivity contribution >= 4 is 11.8 Å². The van der Waals surface area contributed by atoms with E-state index < -0.39 is 12.3 Å². The van der Waals surface area contributed by atoms with Crippen LogP contribution in [-0.2, 0) is 11.3 Å². The third kappa shape index (κ3) is 4.94. The zero-order valence-corrected chi connectivity index (χ0v) is 20.4. The number of para-hydroxylation sites is 1. The van der Waals surface area contributed by atoms with Gasteiger partial charge in [-0.2, -0.15) is 0 Å². The largest absolute Gasteiger partial charge is 0.573 e. The van der Waals surface area contributed by atoms with Crippen molar-refractivity contribution in [2.24, 2.45) is 0 Å². The first-order valence-corrected chi connectivity index (χ1v) is 12.7. The first kappa shape index (κ1) is 24.7. The first-order valence-electron chi connectivity index (χ1n) is 12.7. The Morgan fingerprint density at radius 1 is 1.05 bits per heavy atom. The van der Waals surface area contributed by atoms with Gasteiger partial charge >= 0.3 is 12.3 Å². The average Bonchev–Trinajstić information content (AvgIpc) is 3.58. The second-order valence-corrected chi connectivity index (χ2v) is 10.1. The predicted octanol–water partition coefficient (Wildman–Crippen LogP) is 5.93. The Labute approximate surface area is 216 Å². The number of alkyl halides is 3. The Balaban J connectivity index is 1.20. The van der Waals surface area contributed by atoms with E-state index >= 15 is 0 Å². The molecule has 200 valence electrons. The van der Waals surface area contributed by atoms with Gasteiger partial charge in [-0.1, -0.05) is 23.4 Å². The molecule has 1 aromatic carbocycles. The molecule has 2 bridgehead atoms. The third-order valence-corrected chi connectivity index (χ3v) is 7.51. The minimum atomic E-state index is -4.83. The SMILES string of the molecule is O=C(O)c1cccc(N2[C@@H]3CC[C@H]2CC(OCc2c(-c4ccccc4OC(F)(F)F)noc2C2CC2)C3)n1. The summed E-state index contributed by atoms with van der Waals surface area (Å²) in [5.74, 6) is 0.123. The zero-order chi connectivity index (χ0) is 26.4. The maximum atomic E-state index is 13.0.